The molecule has 0 saturated carbocycles. The Morgan fingerprint density at radius 3 is 3.12 bits per heavy atom. The van der Waals surface area contributed by atoms with E-state index in [0.29, 0.717) is 11.6 Å². The monoisotopic (exact) mass is 293 g/mol. The maximum Gasteiger partial charge on any atom is 0.240 e. The first-order valence-corrected chi connectivity index (χ1v) is 5.72. The van der Waals surface area contributed by atoms with Gasteiger partial charge >= 0.3 is 0 Å². The zero-order valence-electron chi connectivity index (χ0n) is 8.63. The largest absolute Gasteiger partial charge is 0.384 e. The molecule has 1 aliphatic heterocycles. The molecule has 86 valence electrons. The van der Waals surface area contributed by atoms with Crippen molar-refractivity contribution in [3.63, 3.8) is 0 Å². The highest BCUT2D eigenvalue weighted by Gasteiger charge is 2.11. The van der Waals surface area contributed by atoms with Gasteiger partial charge < -0.3 is 10.3 Å². The zero-order chi connectivity index (χ0) is 11.7. The number of allylic oxidation sites excluding steroid dienone is 2. The molecule has 7 nitrogen and oxygen atoms in total. The summed E-state index contributed by atoms with van der Waals surface area (Å²) in [6.07, 6.45) is 7.13. The first-order chi connectivity index (χ1) is 8.33. The Morgan fingerprint density at radius 2 is 2.35 bits per heavy atom. The maximum absolute atomic E-state index is 4.24. The lowest BCUT2D eigenvalue weighted by Crippen LogP contribution is -2.15. The highest BCUT2D eigenvalue weighted by atomic mass is 79.9. The fourth-order valence-corrected chi connectivity index (χ4v) is 1.82. The van der Waals surface area contributed by atoms with Crippen LogP contribution in [0, 0.1) is 0 Å². The van der Waals surface area contributed by atoms with Gasteiger partial charge in [0, 0.05) is 29.6 Å². The Morgan fingerprint density at radius 1 is 1.41 bits per heavy atom. The van der Waals surface area contributed by atoms with Crippen LogP contribution in [0.2, 0.25) is 0 Å². The number of halogens is 1. The van der Waals surface area contributed by atoms with Crippen molar-refractivity contribution < 1.29 is 0 Å². The summed E-state index contributed by atoms with van der Waals surface area (Å²) in [5.41, 5.74) is 0.813. The average Bonchev–Trinajstić information content (AvgIpc) is 3.00. The molecule has 2 aromatic rings. The van der Waals surface area contributed by atoms with Crippen molar-refractivity contribution in [1.82, 2.24) is 35.5 Å². The maximum atomic E-state index is 4.24. The second-order valence-corrected chi connectivity index (χ2v) is 4.40. The van der Waals surface area contributed by atoms with Crippen molar-refractivity contribution in [3.05, 3.63) is 29.2 Å². The number of hydrogen-bond acceptors (Lipinski definition) is 5. The fraction of sp³-hybridized carbons (Fsp3) is 0.111. The van der Waals surface area contributed by atoms with Crippen molar-refractivity contribution in [1.29, 1.82) is 0 Å². The van der Waals surface area contributed by atoms with E-state index in [4.69, 9.17) is 0 Å². The summed E-state index contributed by atoms with van der Waals surface area (Å²) in [6, 6.07) is 0. The van der Waals surface area contributed by atoms with Crippen LogP contribution in [-0.4, -0.2) is 36.7 Å². The second-order valence-electron chi connectivity index (χ2n) is 3.38. The Labute approximate surface area is 105 Å². The Hall–Kier alpha value is -1.96. The summed E-state index contributed by atoms with van der Waals surface area (Å²) in [4.78, 5) is 8.45. The minimum atomic E-state index is 0.464. The number of nitrogens with zero attached hydrogens (tertiary/aromatic N) is 5. The van der Waals surface area contributed by atoms with Crippen LogP contribution < -0.4 is 5.32 Å². The van der Waals surface area contributed by atoms with Crippen LogP contribution in [-0.2, 0) is 0 Å². The molecule has 3 heterocycles. The molecule has 0 saturated heterocycles. The molecule has 0 radical (unpaired) electrons. The summed E-state index contributed by atoms with van der Waals surface area (Å²) in [5.74, 6) is 1.06. The first-order valence-electron chi connectivity index (χ1n) is 4.93. The molecule has 0 unspecified atom stereocenters. The molecule has 8 heteroatoms. The van der Waals surface area contributed by atoms with E-state index in [1.54, 1.807) is 12.4 Å². The summed E-state index contributed by atoms with van der Waals surface area (Å²) in [6.45, 7) is 0.767. The lowest BCUT2D eigenvalue weighted by atomic mass is 10.3. The molecule has 0 fully saturated rings. The van der Waals surface area contributed by atoms with E-state index < -0.39 is 0 Å². The Kier molecular flexibility index (Phi) is 2.48. The van der Waals surface area contributed by atoms with Gasteiger partial charge in [0.1, 0.15) is 5.70 Å². The molecular weight excluding hydrogens is 286 g/mol. The highest BCUT2D eigenvalue weighted by molar-refractivity contribution is 9.11. The molecule has 0 spiro atoms. The number of imidazole rings is 1. The van der Waals surface area contributed by atoms with Gasteiger partial charge in [0.05, 0.1) is 0 Å². The molecule has 0 aromatic carbocycles. The van der Waals surface area contributed by atoms with Crippen LogP contribution in [0.4, 0.5) is 0 Å². The fourth-order valence-electron chi connectivity index (χ4n) is 1.43. The number of hydrogen-bond donors (Lipinski definition) is 2. The quantitative estimate of drug-likeness (QED) is 0.853. The third kappa shape index (κ3) is 1.98. The van der Waals surface area contributed by atoms with Crippen LogP contribution >= 0.6 is 15.9 Å². The summed E-state index contributed by atoms with van der Waals surface area (Å²) < 4.78 is 1.03. The smallest absolute Gasteiger partial charge is 0.240 e. The van der Waals surface area contributed by atoms with E-state index in [1.807, 2.05) is 12.3 Å². The summed E-state index contributed by atoms with van der Waals surface area (Å²) in [5, 5.41) is 15.2. The summed E-state index contributed by atoms with van der Waals surface area (Å²) in [7, 11) is 0. The molecule has 1 aliphatic rings. The van der Waals surface area contributed by atoms with Crippen LogP contribution in [0.1, 0.15) is 0 Å². The predicted molar refractivity (Wildman–Crippen MR) is 64.7 cm³/mol. The number of tetrazole rings is 1. The van der Waals surface area contributed by atoms with Gasteiger partial charge in [-0.2, -0.15) is 0 Å². The minimum absolute atomic E-state index is 0.464. The van der Waals surface area contributed by atoms with Crippen molar-refractivity contribution in [2.24, 2.45) is 0 Å². The first kappa shape index (κ1) is 10.2. The average molecular weight is 294 g/mol. The van der Waals surface area contributed by atoms with Crippen molar-refractivity contribution in [2.75, 3.05) is 6.54 Å². The molecule has 0 amide bonds. The van der Waals surface area contributed by atoms with Gasteiger partial charge in [-0.1, -0.05) is 15.9 Å². The van der Waals surface area contributed by atoms with E-state index >= 15 is 0 Å². The van der Waals surface area contributed by atoms with Gasteiger partial charge in [-0.15, -0.1) is 15.0 Å². The molecular formula is C9H8BrN7. The topological polar surface area (TPSA) is 84.3 Å². The van der Waals surface area contributed by atoms with Gasteiger partial charge in [-0.3, -0.25) is 0 Å². The zero-order valence-corrected chi connectivity index (χ0v) is 10.2. The molecule has 0 bridgehead atoms. The Bertz CT molecular complexity index is 580. The van der Waals surface area contributed by atoms with E-state index in [2.05, 4.69) is 46.6 Å². The second kappa shape index (κ2) is 4.13. The van der Waals surface area contributed by atoms with E-state index in [0.717, 1.165) is 16.7 Å². The number of rotatable bonds is 2. The summed E-state index contributed by atoms with van der Waals surface area (Å²) >= 11 is 3.42. The molecule has 0 aliphatic carbocycles. The lowest BCUT2D eigenvalue weighted by molar-refractivity contribution is 0.731. The number of aromatic nitrogens is 6. The normalized spacial score (nSPS) is 15.1. The minimum Gasteiger partial charge on any atom is -0.384 e. The van der Waals surface area contributed by atoms with Crippen molar-refractivity contribution in [3.8, 4) is 11.6 Å². The van der Waals surface area contributed by atoms with E-state index in [1.165, 1.54) is 4.80 Å². The third-order valence-corrected chi connectivity index (χ3v) is 2.69. The van der Waals surface area contributed by atoms with Crippen molar-refractivity contribution in [2.45, 2.75) is 0 Å². The number of dihydropyridines is 1. The molecule has 3 rings (SSSR count). The van der Waals surface area contributed by atoms with Crippen LogP contribution in [0.3, 0.4) is 0 Å². The van der Waals surface area contributed by atoms with Crippen LogP contribution in [0.5, 0.6) is 0 Å². The number of H-pyrrole nitrogens is 1. The van der Waals surface area contributed by atoms with Gasteiger partial charge in [-0.05, 0) is 11.3 Å². The lowest BCUT2D eigenvalue weighted by Gasteiger charge is -2.09. The van der Waals surface area contributed by atoms with Crippen LogP contribution in [0.15, 0.2) is 29.2 Å². The van der Waals surface area contributed by atoms with Gasteiger partial charge in [0.2, 0.25) is 5.82 Å². The highest BCUT2D eigenvalue weighted by Crippen LogP contribution is 2.15. The molecule has 2 aromatic heterocycles. The predicted octanol–water partition coefficient (Wildman–Crippen LogP) is 0.744. The van der Waals surface area contributed by atoms with Gasteiger partial charge in [0.15, 0.2) is 5.82 Å². The molecule has 17 heavy (non-hydrogen) atoms. The van der Waals surface area contributed by atoms with Gasteiger partial charge in [-0.25, -0.2) is 4.98 Å². The number of aromatic amines is 1. The number of nitrogens with one attached hydrogen (secondary N) is 2. The third-order valence-electron chi connectivity index (χ3n) is 2.18. The molecule has 0 atom stereocenters. The van der Waals surface area contributed by atoms with Gasteiger partial charge in [0.25, 0.3) is 0 Å². The van der Waals surface area contributed by atoms with Crippen molar-refractivity contribution >= 4 is 21.6 Å². The Balaban J connectivity index is 1.93. The van der Waals surface area contributed by atoms with Crippen LogP contribution in [0.25, 0.3) is 17.3 Å². The van der Waals surface area contributed by atoms with E-state index in [9.17, 15) is 0 Å². The standard InChI is InChI=1S/C9H8BrN7/c10-6-3-7(5-11-4-6)17-15-9(14-16-17)8-12-1-2-13-8/h1-3,5,11H,4H2,(H,12,13). The molecule has 2 N–H and O–H groups in total. The SMILES string of the molecule is BrC1=CC(n2nnc(-c3ncc[nH]3)n2)=CNC1. The van der Waals surface area contributed by atoms with E-state index in [-0.39, 0.29) is 0 Å².